The van der Waals surface area contributed by atoms with E-state index < -0.39 is 12.0 Å². The second-order valence-corrected chi connectivity index (χ2v) is 7.84. The van der Waals surface area contributed by atoms with Crippen molar-refractivity contribution in [1.82, 2.24) is 10.3 Å². The molecule has 0 saturated heterocycles. The number of esters is 1. The molecule has 3 rings (SSSR count). The number of nitrogens with zero attached hydrogens (tertiary/aromatic N) is 1. The Balaban J connectivity index is 1.65. The molecule has 7 heteroatoms. The first-order valence-corrected chi connectivity index (χ1v) is 10.4. The van der Waals surface area contributed by atoms with Crippen molar-refractivity contribution in [3.05, 3.63) is 86.8 Å². The minimum atomic E-state index is -0.564. The molecule has 1 atom stereocenters. The van der Waals surface area contributed by atoms with Gasteiger partial charge in [-0.05, 0) is 17.2 Å². The molecule has 0 fully saturated rings. The Labute approximate surface area is 178 Å². The summed E-state index contributed by atoms with van der Waals surface area (Å²) in [4.78, 5) is 29.0. The number of carbonyl (C=O) groups excluding carboxylic acids is 2. The van der Waals surface area contributed by atoms with Gasteiger partial charge in [0.15, 0.2) is 0 Å². The average Bonchev–Trinajstić information content (AvgIpc) is 3.15. The van der Waals surface area contributed by atoms with Crippen molar-refractivity contribution in [3.63, 3.8) is 0 Å². The fourth-order valence-electron chi connectivity index (χ4n) is 2.94. The first kappa shape index (κ1) is 21.0. The molecule has 0 aliphatic carbocycles. The lowest BCUT2D eigenvalue weighted by molar-refractivity contribution is -0.141. The summed E-state index contributed by atoms with van der Waals surface area (Å²) in [5.41, 5.74) is 2.56. The van der Waals surface area contributed by atoms with E-state index in [0.717, 1.165) is 11.4 Å². The maximum Gasteiger partial charge on any atom is 0.307 e. The van der Waals surface area contributed by atoms with E-state index in [1.165, 1.54) is 24.0 Å². The Morgan fingerprint density at radius 1 is 1.14 bits per heavy atom. The van der Waals surface area contributed by atoms with Crippen LogP contribution in [0.4, 0.5) is 0 Å². The van der Waals surface area contributed by atoms with E-state index in [0.29, 0.717) is 16.3 Å². The maximum absolute atomic E-state index is 12.6. The fourth-order valence-corrected chi connectivity index (χ4v) is 4.03. The lowest BCUT2D eigenvalue weighted by Gasteiger charge is -2.19. The van der Waals surface area contributed by atoms with Crippen LogP contribution >= 0.6 is 22.9 Å². The number of methoxy groups -OCH3 is 1. The third-order valence-electron chi connectivity index (χ3n) is 4.35. The standard InChI is InChI=1S/C22H21ClN2O3S/c1-28-22(27)13-19(17-9-5-6-10-18(17)23)25-20(26)12-16-14-29-21(24-16)11-15-7-3-2-4-8-15/h2-10,14,19H,11-13H2,1H3,(H,25,26). The van der Waals surface area contributed by atoms with Crippen LogP contribution in [-0.2, 0) is 27.2 Å². The monoisotopic (exact) mass is 428 g/mol. The predicted molar refractivity (Wildman–Crippen MR) is 114 cm³/mol. The van der Waals surface area contributed by atoms with E-state index in [2.05, 4.69) is 22.4 Å². The van der Waals surface area contributed by atoms with Crippen LogP contribution in [0.25, 0.3) is 0 Å². The molecule has 1 amide bonds. The molecule has 0 radical (unpaired) electrons. The van der Waals surface area contributed by atoms with E-state index in [9.17, 15) is 9.59 Å². The van der Waals surface area contributed by atoms with Crippen molar-refractivity contribution >= 4 is 34.8 Å². The molecule has 0 saturated carbocycles. The SMILES string of the molecule is COC(=O)CC(NC(=O)Cc1csc(Cc2ccccc2)n1)c1ccccc1Cl. The topological polar surface area (TPSA) is 68.3 Å². The lowest BCUT2D eigenvalue weighted by Crippen LogP contribution is -2.32. The smallest absolute Gasteiger partial charge is 0.307 e. The van der Waals surface area contributed by atoms with Crippen LogP contribution in [-0.4, -0.2) is 24.0 Å². The molecule has 0 bridgehead atoms. The van der Waals surface area contributed by atoms with E-state index in [-0.39, 0.29) is 18.7 Å². The van der Waals surface area contributed by atoms with Gasteiger partial charge in [0.2, 0.25) is 5.91 Å². The Kier molecular flexibility index (Phi) is 7.38. The number of rotatable bonds is 8. The molecule has 2 aromatic carbocycles. The Bertz CT molecular complexity index is 975. The highest BCUT2D eigenvalue weighted by Gasteiger charge is 2.21. The van der Waals surface area contributed by atoms with Gasteiger partial charge in [0.05, 0.1) is 36.7 Å². The minimum Gasteiger partial charge on any atom is -0.469 e. The van der Waals surface area contributed by atoms with Gasteiger partial charge in [-0.25, -0.2) is 4.98 Å². The molecule has 1 N–H and O–H groups in total. The van der Waals surface area contributed by atoms with E-state index >= 15 is 0 Å². The zero-order valence-electron chi connectivity index (χ0n) is 15.9. The van der Waals surface area contributed by atoms with Gasteiger partial charge in [-0.15, -0.1) is 11.3 Å². The third kappa shape index (κ3) is 6.14. The van der Waals surface area contributed by atoms with Crippen LogP contribution in [0.5, 0.6) is 0 Å². The summed E-state index contributed by atoms with van der Waals surface area (Å²) in [7, 11) is 1.32. The summed E-state index contributed by atoms with van der Waals surface area (Å²) in [6, 6.07) is 16.6. The largest absolute Gasteiger partial charge is 0.469 e. The minimum absolute atomic E-state index is 0.00228. The van der Waals surface area contributed by atoms with Gasteiger partial charge in [0.1, 0.15) is 0 Å². The van der Waals surface area contributed by atoms with Gasteiger partial charge < -0.3 is 10.1 Å². The van der Waals surface area contributed by atoms with Crippen molar-refractivity contribution in [2.24, 2.45) is 0 Å². The Morgan fingerprint density at radius 3 is 2.59 bits per heavy atom. The molecule has 0 aliphatic rings. The maximum atomic E-state index is 12.6. The number of halogens is 1. The second kappa shape index (κ2) is 10.2. The number of amides is 1. The highest BCUT2D eigenvalue weighted by atomic mass is 35.5. The summed E-state index contributed by atoms with van der Waals surface area (Å²) in [5.74, 6) is -0.649. The van der Waals surface area contributed by atoms with Crippen molar-refractivity contribution in [1.29, 1.82) is 0 Å². The third-order valence-corrected chi connectivity index (χ3v) is 5.60. The van der Waals surface area contributed by atoms with Gasteiger partial charge in [-0.3, -0.25) is 9.59 Å². The van der Waals surface area contributed by atoms with E-state index in [4.69, 9.17) is 16.3 Å². The predicted octanol–water partition coefficient (Wildman–Crippen LogP) is 4.35. The quantitative estimate of drug-likeness (QED) is 0.541. The normalized spacial score (nSPS) is 11.7. The van der Waals surface area contributed by atoms with Crippen molar-refractivity contribution in [3.8, 4) is 0 Å². The van der Waals surface area contributed by atoms with Crippen LogP contribution in [0.2, 0.25) is 5.02 Å². The van der Waals surface area contributed by atoms with Crippen LogP contribution in [0.15, 0.2) is 60.0 Å². The van der Waals surface area contributed by atoms with Crippen LogP contribution < -0.4 is 5.32 Å². The number of benzene rings is 2. The zero-order valence-corrected chi connectivity index (χ0v) is 17.5. The molecular formula is C22H21ClN2O3S. The molecule has 3 aromatic rings. The van der Waals surface area contributed by atoms with Crippen LogP contribution in [0.3, 0.4) is 0 Å². The number of aromatic nitrogens is 1. The Morgan fingerprint density at radius 2 is 1.86 bits per heavy atom. The van der Waals surface area contributed by atoms with Crippen LogP contribution in [0.1, 0.15) is 34.3 Å². The molecule has 1 unspecified atom stereocenters. The molecule has 29 heavy (non-hydrogen) atoms. The second-order valence-electron chi connectivity index (χ2n) is 6.49. The lowest BCUT2D eigenvalue weighted by atomic mass is 10.0. The number of ether oxygens (including phenoxy) is 1. The molecule has 1 aromatic heterocycles. The average molecular weight is 429 g/mol. The number of thiazole rings is 1. The molecule has 0 aliphatic heterocycles. The first-order chi connectivity index (χ1) is 14.0. The zero-order chi connectivity index (χ0) is 20.6. The van der Waals surface area contributed by atoms with Gasteiger partial charge in [-0.2, -0.15) is 0 Å². The number of hydrogen-bond donors (Lipinski definition) is 1. The van der Waals surface area contributed by atoms with Gasteiger partial charge in [-0.1, -0.05) is 60.1 Å². The van der Waals surface area contributed by atoms with Gasteiger partial charge in [0, 0.05) is 16.8 Å². The number of carbonyl (C=O) groups is 2. The summed E-state index contributed by atoms with van der Waals surface area (Å²) in [6.07, 6.45) is 0.868. The summed E-state index contributed by atoms with van der Waals surface area (Å²) in [6.45, 7) is 0. The summed E-state index contributed by atoms with van der Waals surface area (Å²) in [5, 5.41) is 6.22. The highest BCUT2D eigenvalue weighted by Crippen LogP contribution is 2.25. The molecule has 150 valence electrons. The highest BCUT2D eigenvalue weighted by molar-refractivity contribution is 7.09. The molecule has 0 spiro atoms. The first-order valence-electron chi connectivity index (χ1n) is 9.13. The van der Waals surface area contributed by atoms with Crippen molar-refractivity contribution in [2.75, 3.05) is 7.11 Å². The summed E-state index contributed by atoms with van der Waals surface area (Å²) < 4.78 is 4.76. The summed E-state index contributed by atoms with van der Waals surface area (Å²) >= 11 is 7.79. The van der Waals surface area contributed by atoms with Crippen molar-refractivity contribution in [2.45, 2.75) is 25.3 Å². The van der Waals surface area contributed by atoms with Gasteiger partial charge in [0.25, 0.3) is 0 Å². The fraction of sp³-hybridized carbons (Fsp3) is 0.227. The van der Waals surface area contributed by atoms with E-state index in [1.807, 2.05) is 29.6 Å². The number of hydrogen-bond acceptors (Lipinski definition) is 5. The van der Waals surface area contributed by atoms with Gasteiger partial charge >= 0.3 is 5.97 Å². The van der Waals surface area contributed by atoms with Crippen molar-refractivity contribution < 1.29 is 14.3 Å². The van der Waals surface area contributed by atoms with Crippen LogP contribution in [0, 0.1) is 0 Å². The molecular weight excluding hydrogens is 408 g/mol. The molecule has 1 heterocycles. The number of nitrogens with one attached hydrogen (secondary N) is 1. The van der Waals surface area contributed by atoms with E-state index in [1.54, 1.807) is 18.2 Å². The molecule has 5 nitrogen and oxygen atoms in total. The Hall–Kier alpha value is -2.70.